The Morgan fingerprint density at radius 1 is 1.27 bits per heavy atom. The highest BCUT2D eigenvalue weighted by molar-refractivity contribution is 6.30. The molecule has 0 N–H and O–H groups in total. The van der Waals surface area contributed by atoms with E-state index in [2.05, 4.69) is 0 Å². The van der Waals surface area contributed by atoms with Gasteiger partial charge in [-0.25, -0.2) is 0 Å². The summed E-state index contributed by atoms with van der Waals surface area (Å²) in [5, 5.41) is 0.684. The van der Waals surface area contributed by atoms with Crippen molar-refractivity contribution < 1.29 is 4.74 Å². The number of ether oxygens (including phenoxy) is 1. The van der Waals surface area contributed by atoms with E-state index < -0.39 is 0 Å². The predicted molar refractivity (Wildman–Crippen MR) is 66.4 cm³/mol. The first kappa shape index (κ1) is 13.1. The van der Waals surface area contributed by atoms with Gasteiger partial charge in [0.1, 0.15) is 0 Å². The van der Waals surface area contributed by atoms with Crippen molar-refractivity contribution in [2.75, 3.05) is 25.5 Å². The molecule has 0 bridgehead atoms. The van der Waals surface area contributed by atoms with Gasteiger partial charge in [0.2, 0.25) is 0 Å². The lowest BCUT2D eigenvalue weighted by molar-refractivity contribution is 0.149. The van der Waals surface area contributed by atoms with E-state index in [-0.39, 0.29) is 5.41 Å². The van der Waals surface area contributed by atoms with E-state index in [1.54, 1.807) is 7.11 Å². The van der Waals surface area contributed by atoms with Crippen molar-refractivity contribution in [3.63, 3.8) is 0 Å². The molecule has 1 nitrogen and oxygen atoms in total. The van der Waals surface area contributed by atoms with Crippen LogP contribution >= 0.6 is 34.8 Å². The summed E-state index contributed by atoms with van der Waals surface area (Å²) in [7, 11) is 1.64. The van der Waals surface area contributed by atoms with Gasteiger partial charge in [0.05, 0.1) is 6.61 Å². The molecule has 0 radical (unpaired) electrons. The Bertz CT molecular complexity index is 310. The fraction of sp³-hybridized carbons (Fsp3) is 0.455. The smallest absolute Gasteiger partial charge is 0.0582 e. The van der Waals surface area contributed by atoms with Gasteiger partial charge in [-0.05, 0) is 17.7 Å². The molecule has 1 rings (SSSR count). The van der Waals surface area contributed by atoms with Crippen LogP contribution in [0.3, 0.4) is 0 Å². The van der Waals surface area contributed by atoms with E-state index >= 15 is 0 Å². The van der Waals surface area contributed by atoms with Crippen molar-refractivity contribution in [2.24, 2.45) is 0 Å². The molecule has 0 unspecified atom stereocenters. The summed E-state index contributed by atoms with van der Waals surface area (Å²) in [6, 6.07) is 7.56. The minimum atomic E-state index is -0.358. The molecule has 0 fully saturated rings. The van der Waals surface area contributed by atoms with Crippen LogP contribution in [-0.4, -0.2) is 25.5 Å². The zero-order valence-electron chi connectivity index (χ0n) is 8.47. The maximum atomic E-state index is 5.98. The highest BCUT2D eigenvalue weighted by Gasteiger charge is 2.30. The van der Waals surface area contributed by atoms with Crippen molar-refractivity contribution in [1.29, 1.82) is 0 Å². The van der Waals surface area contributed by atoms with E-state index in [0.717, 1.165) is 5.56 Å². The largest absolute Gasteiger partial charge is 0.384 e. The molecule has 15 heavy (non-hydrogen) atoms. The van der Waals surface area contributed by atoms with Gasteiger partial charge in [0.15, 0.2) is 0 Å². The molecule has 84 valence electrons. The Balaban J connectivity index is 3.07. The number of methoxy groups -OCH3 is 1. The lowest BCUT2D eigenvalue weighted by Gasteiger charge is -2.29. The number of rotatable bonds is 5. The molecule has 0 aliphatic rings. The van der Waals surface area contributed by atoms with Crippen LogP contribution in [0.5, 0.6) is 0 Å². The number of alkyl halides is 2. The molecule has 0 aromatic heterocycles. The summed E-state index contributed by atoms with van der Waals surface area (Å²) < 4.78 is 5.17. The average Bonchev–Trinajstić information content (AvgIpc) is 2.26. The van der Waals surface area contributed by atoms with Crippen molar-refractivity contribution in [1.82, 2.24) is 0 Å². The van der Waals surface area contributed by atoms with Gasteiger partial charge in [-0.15, -0.1) is 23.2 Å². The third-order valence-electron chi connectivity index (χ3n) is 2.37. The van der Waals surface area contributed by atoms with E-state index in [1.807, 2.05) is 24.3 Å². The van der Waals surface area contributed by atoms with Crippen LogP contribution in [0, 0.1) is 0 Å². The Hall–Kier alpha value is 0.0500. The average molecular weight is 268 g/mol. The predicted octanol–water partition coefficient (Wildman–Crippen LogP) is 3.70. The molecule has 1 aromatic rings. The number of benzene rings is 1. The summed E-state index contributed by atoms with van der Waals surface area (Å²) in [5.74, 6) is 0.815. The highest BCUT2D eigenvalue weighted by atomic mass is 35.5. The summed E-state index contributed by atoms with van der Waals surface area (Å²) >= 11 is 17.9. The molecule has 0 saturated carbocycles. The van der Waals surface area contributed by atoms with E-state index in [4.69, 9.17) is 39.5 Å². The standard InChI is InChI=1S/C11H13Cl3O/c1-15-8-11(6-12,7-13)9-3-2-4-10(14)5-9/h2-5H,6-8H2,1H3. The van der Waals surface area contributed by atoms with Crippen LogP contribution in [0.4, 0.5) is 0 Å². The summed E-state index contributed by atoms with van der Waals surface area (Å²) in [4.78, 5) is 0. The van der Waals surface area contributed by atoms with Crippen LogP contribution in [0.1, 0.15) is 5.56 Å². The lowest BCUT2D eigenvalue weighted by Crippen LogP contribution is -2.35. The molecular weight excluding hydrogens is 254 g/mol. The fourth-order valence-corrected chi connectivity index (χ4v) is 2.38. The third-order valence-corrected chi connectivity index (χ3v) is 3.63. The third kappa shape index (κ3) is 3.01. The minimum Gasteiger partial charge on any atom is -0.384 e. The molecule has 0 aliphatic carbocycles. The maximum absolute atomic E-state index is 5.98. The molecule has 1 aromatic carbocycles. The molecule has 4 heteroatoms. The monoisotopic (exact) mass is 266 g/mol. The normalized spacial score (nSPS) is 11.7. The topological polar surface area (TPSA) is 9.23 Å². The van der Waals surface area contributed by atoms with Gasteiger partial charge in [-0.3, -0.25) is 0 Å². The molecule has 0 aliphatic heterocycles. The van der Waals surface area contributed by atoms with Gasteiger partial charge in [0.25, 0.3) is 0 Å². The van der Waals surface area contributed by atoms with Crippen LogP contribution in [0.25, 0.3) is 0 Å². The van der Waals surface area contributed by atoms with Crippen molar-refractivity contribution in [2.45, 2.75) is 5.41 Å². The molecule has 0 spiro atoms. The van der Waals surface area contributed by atoms with Crippen LogP contribution in [0.15, 0.2) is 24.3 Å². The van der Waals surface area contributed by atoms with E-state index in [0.29, 0.717) is 23.4 Å². The second-order valence-corrected chi connectivity index (χ2v) is 4.46. The molecule has 0 heterocycles. The van der Waals surface area contributed by atoms with Gasteiger partial charge in [-0.1, -0.05) is 23.7 Å². The number of hydrogen-bond donors (Lipinski definition) is 0. The minimum absolute atomic E-state index is 0.358. The van der Waals surface area contributed by atoms with E-state index in [1.165, 1.54) is 0 Å². The molecule has 0 amide bonds. The quantitative estimate of drug-likeness (QED) is 0.739. The molecule has 0 atom stereocenters. The number of halogens is 3. The SMILES string of the molecule is COCC(CCl)(CCl)c1cccc(Cl)c1. The maximum Gasteiger partial charge on any atom is 0.0582 e. The van der Waals surface area contributed by atoms with E-state index in [9.17, 15) is 0 Å². The van der Waals surface area contributed by atoms with Crippen molar-refractivity contribution in [3.8, 4) is 0 Å². The molecule has 0 saturated heterocycles. The zero-order valence-corrected chi connectivity index (χ0v) is 10.7. The highest BCUT2D eigenvalue weighted by Crippen LogP contribution is 2.29. The van der Waals surface area contributed by atoms with Crippen molar-refractivity contribution >= 4 is 34.8 Å². The lowest BCUT2D eigenvalue weighted by atomic mass is 9.85. The summed E-state index contributed by atoms with van der Waals surface area (Å²) in [6.07, 6.45) is 0. The van der Waals surface area contributed by atoms with Crippen LogP contribution < -0.4 is 0 Å². The first-order valence-electron chi connectivity index (χ1n) is 4.55. The Morgan fingerprint density at radius 3 is 2.40 bits per heavy atom. The first-order chi connectivity index (χ1) is 7.18. The van der Waals surface area contributed by atoms with Crippen molar-refractivity contribution in [3.05, 3.63) is 34.9 Å². The Labute approximate surface area is 105 Å². The second kappa shape index (κ2) is 5.95. The zero-order chi connectivity index (χ0) is 11.3. The Kier molecular flexibility index (Phi) is 5.20. The molecular formula is C11H13Cl3O. The second-order valence-electron chi connectivity index (χ2n) is 3.49. The van der Waals surface area contributed by atoms with Gasteiger partial charge >= 0.3 is 0 Å². The van der Waals surface area contributed by atoms with Gasteiger partial charge in [0, 0.05) is 29.3 Å². The van der Waals surface area contributed by atoms with Gasteiger partial charge in [-0.2, -0.15) is 0 Å². The Morgan fingerprint density at radius 2 is 1.93 bits per heavy atom. The van der Waals surface area contributed by atoms with Gasteiger partial charge < -0.3 is 4.74 Å². The first-order valence-corrected chi connectivity index (χ1v) is 6.00. The summed E-state index contributed by atoms with van der Waals surface area (Å²) in [6.45, 7) is 0.486. The summed E-state index contributed by atoms with van der Waals surface area (Å²) in [5.41, 5.74) is 0.657. The fourth-order valence-electron chi connectivity index (χ4n) is 1.45. The number of hydrogen-bond acceptors (Lipinski definition) is 1. The van der Waals surface area contributed by atoms with Crippen LogP contribution in [0.2, 0.25) is 5.02 Å². The van der Waals surface area contributed by atoms with Crippen LogP contribution in [-0.2, 0) is 10.2 Å².